The maximum atomic E-state index is 4.50. The van der Waals surface area contributed by atoms with Gasteiger partial charge in [-0.15, -0.1) is 0 Å². The Hall–Kier alpha value is -1.71. The summed E-state index contributed by atoms with van der Waals surface area (Å²) in [6, 6.07) is 18.0. The molecule has 2 fully saturated rings. The second-order valence-electron chi connectivity index (χ2n) is 7.07. The first-order valence-corrected chi connectivity index (χ1v) is 8.66. The number of pyridine rings is 1. The lowest BCUT2D eigenvalue weighted by Gasteiger charge is -2.46. The molecule has 2 saturated heterocycles. The van der Waals surface area contributed by atoms with E-state index < -0.39 is 0 Å². The van der Waals surface area contributed by atoms with Crippen LogP contribution in [0.3, 0.4) is 0 Å². The lowest BCUT2D eigenvalue weighted by Crippen LogP contribution is -2.54. The Morgan fingerprint density at radius 3 is 2.61 bits per heavy atom. The molecule has 0 aliphatic carbocycles. The molecule has 2 aromatic rings. The van der Waals surface area contributed by atoms with Gasteiger partial charge in [0.1, 0.15) is 0 Å². The third-order valence-electron chi connectivity index (χ3n) is 5.85. The fourth-order valence-corrected chi connectivity index (χ4v) is 4.53. The topological polar surface area (TPSA) is 19.4 Å². The van der Waals surface area contributed by atoms with Crippen LogP contribution in [0.2, 0.25) is 0 Å². The number of rotatable bonds is 3. The number of hydrogen-bond acceptors (Lipinski definition) is 3. The second-order valence-corrected chi connectivity index (χ2v) is 7.07. The van der Waals surface area contributed by atoms with Crippen LogP contribution >= 0.6 is 0 Å². The molecule has 3 heterocycles. The van der Waals surface area contributed by atoms with E-state index in [9.17, 15) is 0 Å². The highest BCUT2D eigenvalue weighted by Crippen LogP contribution is 2.45. The van der Waals surface area contributed by atoms with Crippen LogP contribution in [-0.2, 0) is 12.0 Å². The molecular formula is C20H25N3. The van der Waals surface area contributed by atoms with Crippen molar-refractivity contribution in [2.45, 2.75) is 30.8 Å². The number of hydrogen-bond donors (Lipinski definition) is 0. The van der Waals surface area contributed by atoms with Crippen LogP contribution in [0.25, 0.3) is 0 Å². The average molecular weight is 307 g/mol. The Kier molecular flexibility index (Phi) is 3.92. The van der Waals surface area contributed by atoms with E-state index in [-0.39, 0.29) is 0 Å². The summed E-state index contributed by atoms with van der Waals surface area (Å²) >= 11 is 0. The van der Waals surface area contributed by atoms with Crippen molar-refractivity contribution in [3.63, 3.8) is 0 Å². The van der Waals surface area contributed by atoms with E-state index >= 15 is 0 Å². The number of likely N-dealkylation sites (tertiary alicyclic amines) is 2. The fraction of sp³-hybridized carbons (Fsp3) is 0.450. The lowest BCUT2D eigenvalue weighted by atomic mass is 9.69. The maximum absolute atomic E-state index is 4.50. The molecule has 2 atom stereocenters. The summed E-state index contributed by atoms with van der Waals surface area (Å²) in [5.41, 5.74) is 3.06. The largest absolute Gasteiger partial charge is 0.301 e. The molecule has 3 heteroatoms. The van der Waals surface area contributed by atoms with Gasteiger partial charge in [-0.05, 0) is 50.7 Å². The van der Waals surface area contributed by atoms with Gasteiger partial charge in [0.05, 0.1) is 5.69 Å². The fourth-order valence-electron chi connectivity index (χ4n) is 4.53. The molecule has 0 amide bonds. The van der Waals surface area contributed by atoms with Gasteiger partial charge >= 0.3 is 0 Å². The second kappa shape index (κ2) is 6.06. The highest BCUT2D eigenvalue weighted by atomic mass is 15.3. The number of nitrogens with zero attached hydrogens (tertiary/aromatic N) is 3. The molecule has 0 spiro atoms. The normalized spacial score (nSPS) is 28.7. The van der Waals surface area contributed by atoms with E-state index in [0.29, 0.717) is 11.5 Å². The number of fused-ring (bicyclic) bond motifs is 1. The van der Waals surface area contributed by atoms with Gasteiger partial charge in [-0.2, -0.15) is 0 Å². The third kappa shape index (κ3) is 2.68. The van der Waals surface area contributed by atoms with Gasteiger partial charge in [0.15, 0.2) is 0 Å². The average Bonchev–Trinajstić information content (AvgIpc) is 2.95. The molecule has 3 nitrogen and oxygen atoms in total. The Bertz CT molecular complexity index is 642. The zero-order valence-corrected chi connectivity index (χ0v) is 13.9. The SMILES string of the molecule is CN1CCC2(c3ccccc3)CCN(Cc3ccccn3)CC12. The Labute approximate surface area is 139 Å². The first kappa shape index (κ1) is 14.9. The van der Waals surface area contributed by atoms with Crippen LogP contribution in [-0.4, -0.2) is 47.5 Å². The first-order valence-electron chi connectivity index (χ1n) is 8.66. The minimum absolute atomic E-state index is 0.344. The zero-order valence-electron chi connectivity index (χ0n) is 13.9. The molecule has 2 aliphatic rings. The van der Waals surface area contributed by atoms with Gasteiger partial charge in [-0.1, -0.05) is 36.4 Å². The summed E-state index contributed by atoms with van der Waals surface area (Å²) in [4.78, 5) is 9.64. The summed E-state index contributed by atoms with van der Waals surface area (Å²) in [5.74, 6) is 0. The van der Waals surface area contributed by atoms with Crippen LogP contribution in [0.15, 0.2) is 54.7 Å². The highest BCUT2D eigenvalue weighted by Gasteiger charge is 2.49. The molecule has 23 heavy (non-hydrogen) atoms. The molecular weight excluding hydrogens is 282 g/mol. The van der Waals surface area contributed by atoms with Gasteiger partial charge in [-0.3, -0.25) is 9.88 Å². The Morgan fingerprint density at radius 2 is 1.83 bits per heavy atom. The Balaban J connectivity index is 1.56. The van der Waals surface area contributed by atoms with Crippen molar-refractivity contribution in [2.24, 2.45) is 0 Å². The number of piperidine rings is 1. The molecule has 4 rings (SSSR count). The van der Waals surface area contributed by atoms with Crippen LogP contribution in [0.1, 0.15) is 24.1 Å². The molecule has 2 unspecified atom stereocenters. The standard InChI is InChI=1S/C20H25N3/c1-22-13-10-20(17-7-3-2-4-8-17)11-14-23(16-19(20)22)15-18-9-5-6-12-21-18/h2-9,12,19H,10-11,13-16H2,1H3. The van der Waals surface area contributed by atoms with E-state index in [1.165, 1.54) is 30.6 Å². The van der Waals surface area contributed by atoms with Crippen molar-refractivity contribution in [1.29, 1.82) is 0 Å². The van der Waals surface area contributed by atoms with Gasteiger partial charge in [0, 0.05) is 30.7 Å². The minimum atomic E-state index is 0.344. The van der Waals surface area contributed by atoms with Crippen molar-refractivity contribution in [2.75, 3.05) is 26.7 Å². The molecule has 0 bridgehead atoms. The maximum Gasteiger partial charge on any atom is 0.0543 e. The van der Waals surface area contributed by atoms with E-state index in [1.54, 1.807) is 0 Å². The lowest BCUT2D eigenvalue weighted by molar-refractivity contribution is 0.0908. The molecule has 1 aromatic heterocycles. The summed E-state index contributed by atoms with van der Waals surface area (Å²) in [5, 5.41) is 0. The van der Waals surface area contributed by atoms with Crippen LogP contribution < -0.4 is 0 Å². The molecule has 2 aliphatic heterocycles. The quantitative estimate of drug-likeness (QED) is 0.869. The summed E-state index contributed by atoms with van der Waals surface area (Å²) in [6.45, 7) is 4.48. The molecule has 1 aromatic carbocycles. The smallest absolute Gasteiger partial charge is 0.0543 e. The molecule has 120 valence electrons. The number of aromatic nitrogens is 1. The summed E-state index contributed by atoms with van der Waals surface area (Å²) in [7, 11) is 2.29. The van der Waals surface area contributed by atoms with E-state index in [1.807, 2.05) is 12.3 Å². The van der Waals surface area contributed by atoms with Crippen LogP contribution in [0.5, 0.6) is 0 Å². The molecule has 0 saturated carbocycles. The van der Waals surface area contributed by atoms with Crippen molar-refractivity contribution in [1.82, 2.24) is 14.8 Å². The number of likely N-dealkylation sites (N-methyl/N-ethyl adjacent to an activating group) is 1. The Morgan fingerprint density at radius 1 is 1.04 bits per heavy atom. The van der Waals surface area contributed by atoms with Crippen molar-refractivity contribution >= 4 is 0 Å². The van der Waals surface area contributed by atoms with E-state index in [0.717, 1.165) is 19.6 Å². The van der Waals surface area contributed by atoms with Crippen molar-refractivity contribution in [3.05, 3.63) is 66.0 Å². The van der Waals surface area contributed by atoms with Crippen LogP contribution in [0, 0.1) is 0 Å². The van der Waals surface area contributed by atoms with E-state index in [2.05, 4.69) is 64.3 Å². The van der Waals surface area contributed by atoms with Crippen molar-refractivity contribution in [3.8, 4) is 0 Å². The van der Waals surface area contributed by atoms with Crippen molar-refractivity contribution < 1.29 is 0 Å². The number of benzene rings is 1. The van der Waals surface area contributed by atoms with E-state index in [4.69, 9.17) is 0 Å². The van der Waals surface area contributed by atoms with Gasteiger partial charge in [-0.25, -0.2) is 0 Å². The van der Waals surface area contributed by atoms with Crippen LogP contribution in [0.4, 0.5) is 0 Å². The highest BCUT2D eigenvalue weighted by molar-refractivity contribution is 5.31. The summed E-state index contributed by atoms with van der Waals surface area (Å²) < 4.78 is 0. The first-order chi connectivity index (χ1) is 11.3. The predicted octanol–water partition coefficient (Wildman–Crippen LogP) is 2.93. The van der Waals surface area contributed by atoms with Gasteiger partial charge in [0.25, 0.3) is 0 Å². The monoisotopic (exact) mass is 307 g/mol. The molecule has 0 N–H and O–H groups in total. The predicted molar refractivity (Wildman–Crippen MR) is 93.3 cm³/mol. The summed E-state index contributed by atoms with van der Waals surface area (Å²) in [6.07, 6.45) is 4.43. The molecule has 0 radical (unpaired) electrons. The third-order valence-corrected chi connectivity index (χ3v) is 5.85. The van der Waals surface area contributed by atoms with Gasteiger partial charge < -0.3 is 4.90 Å². The minimum Gasteiger partial charge on any atom is -0.301 e. The zero-order chi connectivity index (χ0) is 15.7. The van der Waals surface area contributed by atoms with Gasteiger partial charge in [0.2, 0.25) is 0 Å².